The second-order valence-corrected chi connectivity index (χ2v) is 9.86. The molecule has 0 radical (unpaired) electrons. The van der Waals surface area contributed by atoms with Crippen molar-refractivity contribution in [3.05, 3.63) is 29.3 Å². The van der Waals surface area contributed by atoms with Gasteiger partial charge in [0.25, 0.3) is 5.91 Å². The molecule has 0 saturated carbocycles. The van der Waals surface area contributed by atoms with E-state index < -0.39 is 15.9 Å². The molecule has 0 unspecified atom stereocenters. The van der Waals surface area contributed by atoms with Crippen LogP contribution in [0.1, 0.15) is 56.0 Å². The minimum Gasteiger partial charge on any atom is -0.350 e. The van der Waals surface area contributed by atoms with Crippen molar-refractivity contribution in [2.24, 2.45) is 0 Å². The predicted octanol–water partition coefficient (Wildman–Crippen LogP) is 1.81. The Hall–Kier alpha value is -1.93. The zero-order valence-corrected chi connectivity index (χ0v) is 17.3. The lowest BCUT2D eigenvalue weighted by atomic mass is 10.1. The van der Waals surface area contributed by atoms with E-state index >= 15 is 0 Å². The summed E-state index contributed by atoms with van der Waals surface area (Å²) in [6, 6.07) is 4.56. The molecule has 2 N–H and O–H groups in total. The molecule has 2 rings (SSSR count). The van der Waals surface area contributed by atoms with Crippen LogP contribution >= 0.6 is 0 Å². The minimum absolute atomic E-state index is 0.110. The summed E-state index contributed by atoms with van der Waals surface area (Å²) in [7, 11) is -3.62. The van der Waals surface area contributed by atoms with Gasteiger partial charge in [-0.1, -0.05) is 12.5 Å². The maximum atomic E-state index is 12.8. The quantitative estimate of drug-likeness (QED) is 0.795. The molecular weight excluding hydrogens is 366 g/mol. The van der Waals surface area contributed by atoms with E-state index in [-0.39, 0.29) is 28.4 Å². The highest BCUT2D eigenvalue weighted by molar-refractivity contribution is 7.89. The normalized spacial score (nSPS) is 16.0. The Morgan fingerprint density at radius 3 is 2.33 bits per heavy atom. The molecule has 8 heteroatoms. The fourth-order valence-corrected chi connectivity index (χ4v) is 4.52. The number of carbonyl (C=O) groups excluding carboxylic acids is 2. The van der Waals surface area contributed by atoms with Crippen LogP contribution in [0.2, 0.25) is 0 Å². The lowest BCUT2D eigenvalue weighted by Crippen LogP contribution is -2.45. The fourth-order valence-electron chi connectivity index (χ4n) is 2.98. The molecule has 0 aromatic heterocycles. The third-order valence-corrected chi connectivity index (χ3v) is 6.23. The Morgan fingerprint density at radius 2 is 1.74 bits per heavy atom. The molecule has 1 aliphatic rings. The molecule has 0 atom stereocenters. The first-order valence-electron chi connectivity index (χ1n) is 9.21. The van der Waals surface area contributed by atoms with Gasteiger partial charge in [-0.25, -0.2) is 8.42 Å². The van der Waals surface area contributed by atoms with Gasteiger partial charge in [-0.3, -0.25) is 9.59 Å². The number of amides is 2. The zero-order chi connectivity index (χ0) is 20.2. The molecule has 27 heavy (non-hydrogen) atoms. The highest BCUT2D eigenvalue weighted by Crippen LogP contribution is 2.22. The van der Waals surface area contributed by atoms with Crippen LogP contribution < -0.4 is 10.6 Å². The number of piperidine rings is 1. The van der Waals surface area contributed by atoms with Gasteiger partial charge in [-0.15, -0.1) is 0 Å². The first-order chi connectivity index (χ1) is 12.5. The highest BCUT2D eigenvalue weighted by Gasteiger charge is 2.27. The van der Waals surface area contributed by atoms with Crippen molar-refractivity contribution in [2.45, 2.75) is 57.4 Å². The minimum atomic E-state index is -3.62. The summed E-state index contributed by atoms with van der Waals surface area (Å²) >= 11 is 0. The van der Waals surface area contributed by atoms with Crippen molar-refractivity contribution in [3.8, 4) is 0 Å². The van der Waals surface area contributed by atoms with E-state index in [4.69, 9.17) is 0 Å². The topological polar surface area (TPSA) is 95.6 Å². The molecule has 7 nitrogen and oxygen atoms in total. The molecule has 0 bridgehead atoms. The van der Waals surface area contributed by atoms with E-state index in [9.17, 15) is 18.0 Å². The number of aryl methyl sites for hydroxylation is 1. The number of hydrogen-bond acceptors (Lipinski definition) is 4. The van der Waals surface area contributed by atoms with Crippen molar-refractivity contribution < 1.29 is 18.0 Å². The van der Waals surface area contributed by atoms with Crippen LogP contribution in [-0.2, 0) is 14.8 Å². The molecule has 2 amide bonds. The third kappa shape index (κ3) is 5.77. The average Bonchev–Trinajstić information content (AvgIpc) is 2.59. The van der Waals surface area contributed by atoms with Gasteiger partial charge in [-0.2, -0.15) is 4.31 Å². The largest absolute Gasteiger partial charge is 0.350 e. The summed E-state index contributed by atoms with van der Waals surface area (Å²) in [6.45, 7) is 8.14. The molecule has 0 aliphatic carbocycles. The number of nitrogens with one attached hydrogen (secondary N) is 2. The molecule has 1 heterocycles. The van der Waals surface area contributed by atoms with E-state index in [0.717, 1.165) is 19.3 Å². The lowest BCUT2D eigenvalue weighted by Gasteiger charge is -2.26. The SMILES string of the molecule is Cc1ccc(S(=O)(=O)N2CCCCC2)cc1C(=O)NCC(=O)NC(C)(C)C. The van der Waals surface area contributed by atoms with Gasteiger partial charge in [0, 0.05) is 24.2 Å². The van der Waals surface area contributed by atoms with Gasteiger partial charge in [-0.05, 0) is 58.2 Å². The van der Waals surface area contributed by atoms with Crippen LogP contribution in [0.3, 0.4) is 0 Å². The van der Waals surface area contributed by atoms with Gasteiger partial charge in [0.2, 0.25) is 15.9 Å². The number of carbonyl (C=O) groups is 2. The Morgan fingerprint density at radius 1 is 1.11 bits per heavy atom. The van der Waals surface area contributed by atoms with Gasteiger partial charge >= 0.3 is 0 Å². The Labute approximate surface area is 161 Å². The second kappa shape index (κ2) is 8.39. The molecule has 0 spiro atoms. The number of sulfonamides is 1. The summed E-state index contributed by atoms with van der Waals surface area (Å²) in [5.74, 6) is -0.766. The third-order valence-electron chi connectivity index (χ3n) is 4.33. The van der Waals surface area contributed by atoms with E-state index in [1.54, 1.807) is 13.0 Å². The second-order valence-electron chi connectivity index (χ2n) is 7.92. The summed E-state index contributed by atoms with van der Waals surface area (Å²) in [5.41, 5.74) is 0.526. The van der Waals surface area contributed by atoms with E-state index in [1.807, 2.05) is 20.8 Å². The maximum Gasteiger partial charge on any atom is 0.252 e. The first kappa shape index (κ1) is 21.4. The number of hydrogen-bond donors (Lipinski definition) is 2. The smallest absolute Gasteiger partial charge is 0.252 e. The fraction of sp³-hybridized carbons (Fsp3) is 0.579. The van der Waals surface area contributed by atoms with Crippen molar-refractivity contribution in [1.82, 2.24) is 14.9 Å². The highest BCUT2D eigenvalue weighted by atomic mass is 32.2. The Balaban J connectivity index is 2.14. The monoisotopic (exact) mass is 395 g/mol. The van der Waals surface area contributed by atoms with E-state index in [2.05, 4.69) is 10.6 Å². The number of benzene rings is 1. The molecular formula is C19H29N3O4S. The molecule has 1 saturated heterocycles. The Bertz CT molecular complexity index is 807. The maximum absolute atomic E-state index is 12.8. The van der Waals surface area contributed by atoms with E-state index in [0.29, 0.717) is 18.7 Å². The lowest BCUT2D eigenvalue weighted by molar-refractivity contribution is -0.121. The van der Waals surface area contributed by atoms with E-state index in [1.165, 1.54) is 16.4 Å². The van der Waals surface area contributed by atoms with Crippen molar-refractivity contribution in [1.29, 1.82) is 0 Å². The summed E-state index contributed by atoms with van der Waals surface area (Å²) in [5, 5.41) is 5.32. The number of rotatable bonds is 5. The van der Waals surface area contributed by atoms with Crippen LogP contribution in [0.25, 0.3) is 0 Å². The first-order valence-corrected chi connectivity index (χ1v) is 10.6. The van der Waals surface area contributed by atoms with Crippen LogP contribution in [0.15, 0.2) is 23.1 Å². The summed E-state index contributed by atoms with van der Waals surface area (Å²) in [6.07, 6.45) is 2.73. The Kier molecular flexibility index (Phi) is 6.64. The van der Waals surface area contributed by atoms with Crippen LogP contribution in [0.4, 0.5) is 0 Å². The van der Waals surface area contributed by atoms with Gasteiger partial charge < -0.3 is 10.6 Å². The summed E-state index contributed by atoms with van der Waals surface area (Å²) in [4.78, 5) is 24.5. The van der Waals surface area contributed by atoms with Gasteiger partial charge in [0.05, 0.1) is 11.4 Å². The van der Waals surface area contributed by atoms with Crippen molar-refractivity contribution in [3.63, 3.8) is 0 Å². The van der Waals surface area contributed by atoms with Crippen LogP contribution in [0.5, 0.6) is 0 Å². The van der Waals surface area contributed by atoms with Gasteiger partial charge in [0.1, 0.15) is 0 Å². The molecule has 1 fully saturated rings. The predicted molar refractivity (Wildman–Crippen MR) is 104 cm³/mol. The standard InChI is InChI=1S/C19H29N3O4S/c1-14-8-9-15(27(25,26)22-10-6-5-7-11-22)12-16(14)18(24)20-13-17(23)21-19(2,3)4/h8-9,12H,5-7,10-11,13H2,1-4H3,(H,20,24)(H,21,23). The molecule has 150 valence electrons. The van der Waals surface area contributed by atoms with Gasteiger partial charge in [0.15, 0.2) is 0 Å². The zero-order valence-electron chi connectivity index (χ0n) is 16.5. The number of nitrogens with zero attached hydrogens (tertiary/aromatic N) is 1. The molecule has 1 aromatic rings. The van der Waals surface area contributed by atoms with Crippen LogP contribution in [-0.4, -0.2) is 49.7 Å². The average molecular weight is 396 g/mol. The summed E-state index contributed by atoms with van der Waals surface area (Å²) < 4.78 is 27.1. The molecule has 1 aliphatic heterocycles. The van der Waals surface area contributed by atoms with Crippen molar-refractivity contribution in [2.75, 3.05) is 19.6 Å². The van der Waals surface area contributed by atoms with Crippen LogP contribution in [0, 0.1) is 6.92 Å². The molecule has 1 aromatic carbocycles. The van der Waals surface area contributed by atoms with Crippen molar-refractivity contribution >= 4 is 21.8 Å².